The van der Waals surface area contributed by atoms with Crippen molar-refractivity contribution in [3.8, 4) is 0 Å². The third-order valence-corrected chi connectivity index (χ3v) is 3.41. The van der Waals surface area contributed by atoms with Gasteiger partial charge in [-0.05, 0) is 18.9 Å². The van der Waals surface area contributed by atoms with Crippen molar-refractivity contribution in [3.63, 3.8) is 0 Å². The molecule has 0 fully saturated rings. The van der Waals surface area contributed by atoms with Gasteiger partial charge < -0.3 is 9.73 Å². The number of aromatic nitrogens is 2. The normalized spacial score (nSPS) is 17.8. The second-order valence-corrected chi connectivity index (χ2v) is 4.83. The van der Waals surface area contributed by atoms with Crippen molar-refractivity contribution in [2.24, 2.45) is 0 Å². The Morgan fingerprint density at radius 3 is 3.11 bits per heavy atom. The predicted molar refractivity (Wildman–Crippen MR) is 68.9 cm³/mol. The minimum absolute atomic E-state index is 0.0209. The van der Waals surface area contributed by atoms with Crippen LogP contribution in [0.15, 0.2) is 29.1 Å². The minimum Gasteiger partial charge on any atom is -0.469 e. The number of nitrogens with zero attached hydrogens (tertiary/aromatic N) is 2. The van der Waals surface area contributed by atoms with Gasteiger partial charge in [-0.1, -0.05) is 11.6 Å². The molecule has 1 atom stereocenters. The van der Waals surface area contributed by atoms with Gasteiger partial charge in [-0.3, -0.25) is 4.79 Å². The molecule has 0 radical (unpaired) electrons. The van der Waals surface area contributed by atoms with Gasteiger partial charge in [-0.15, -0.1) is 0 Å². The quantitative estimate of drug-likeness (QED) is 0.916. The second kappa shape index (κ2) is 5.01. The van der Waals surface area contributed by atoms with Crippen LogP contribution in [0.4, 0.5) is 0 Å². The molecule has 0 spiro atoms. The van der Waals surface area contributed by atoms with Crippen LogP contribution in [0, 0.1) is 0 Å². The summed E-state index contributed by atoms with van der Waals surface area (Å²) < 4.78 is 5.39. The summed E-state index contributed by atoms with van der Waals surface area (Å²) in [4.78, 5) is 19.9. The number of carbonyl (C=O) groups is 1. The first-order valence-corrected chi connectivity index (χ1v) is 6.46. The molecule has 2 heterocycles. The monoisotopic (exact) mass is 277 g/mol. The van der Waals surface area contributed by atoms with Gasteiger partial charge in [0.2, 0.25) is 0 Å². The highest BCUT2D eigenvalue weighted by atomic mass is 35.5. The number of nitrogens with one attached hydrogen (secondary N) is 1. The SMILES string of the molecule is O=C(NC1CCCc2occc21)c1cnc(Cl)cn1. The molecule has 0 saturated carbocycles. The molecule has 1 aliphatic carbocycles. The van der Waals surface area contributed by atoms with Gasteiger partial charge in [-0.25, -0.2) is 9.97 Å². The average Bonchev–Trinajstić information content (AvgIpc) is 2.89. The van der Waals surface area contributed by atoms with Crippen LogP contribution >= 0.6 is 11.6 Å². The Balaban J connectivity index is 1.76. The van der Waals surface area contributed by atoms with E-state index in [0.29, 0.717) is 0 Å². The van der Waals surface area contributed by atoms with E-state index in [9.17, 15) is 4.79 Å². The smallest absolute Gasteiger partial charge is 0.271 e. The molecule has 98 valence electrons. The Hall–Kier alpha value is -1.88. The zero-order valence-electron chi connectivity index (χ0n) is 10.1. The maximum Gasteiger partial charge on any atom is 0.271 e. The standard InChI is InChI=1S/C13H12ClN3O2/c14-12-7-15-10(6-16-12)13(18)17-9-2-1-3-11-8(9)4-5-19-11/h4-7,9H,1-3H2,(H,17,18). The van der Waals surface area contributed by atoms with E-state index in [0.717, 1.165) is 30.6 Å². The minimum atomic E-state index is -0.247. The Labute approximate surface area is 115 Å². The third kappa shape index (κ3) is 2.46. The fourth-order valence-corrected chi connectivity index (χ4v) is 2.40. The average molecular weight is 278 g/mol. The Bertz CT molecular complexity index is 594. The van der Waals surface area contributed by atoms with Crippen LogP contribution in [-0.4, -0.2) is 15.9 Å². The molecule has 0 bridgehead atoms. The van der Waals surface area contributed by atoms with Crippen molar-refractivity contribution >= 4 is 17.5 Å². The lowest BCUT2D eigenvalue weighted by Crippen LogP contribution is -2.31. The molecule has 0 aliphatic heterocycles. The number of hydrogen-bond donors (Lipinski definition) is 1. The first-order valence-electron chi connectivity index (χ1n) is 6.09. The molecule has 19 heavy (non-hydrogen) atoms. The maximum absolute atomic E-state index is 12.1. The van der Waals surface area contributed by atoms with Crippen molar-refractivity contribution in [1.82, 2.24) is 15.3 Å². The number of carbonyl (C=O) groups excluding carboxylic acids is 1. The number of hydrogen-bond acceptors (Lipinski definition) is 4. The van der Waals surface area contributed by atoms with Crippen molar-refractivity contribution in [2.75, 3.05) is 0 Å². The Kier molecular flexibility index (Phi) is 3.21. The second-order valence-electron chi connectivity index (χ2n) is 4.44. The van der Waals surface area contributed by atoms with E-state index in [1.165, 1.54) is 12.4 Å². The van der Waals surface area contributed by atoms with Gasteiger partial charge in [0.1, 0.15) is 16.6 Å². The summed E-state index contributed by atoms with van der Waals surface area (Å²) in [5, 5.41) is 3.22. The lowest BCUT2D eigenvalue weighted by Gasteiger charge is -2.22. The van der Waals surface area contributed by atoms with E-state index >= 15 is 0 Å². The molecule has 1 N–H and O–H groups in total. The number of rotatable bonds is 2. The summed E-state index contributed by atoms with van der Waals surface area (Å²) in [5.41, 5.74) is 1.32. The topological polar surface area (TPSA) is 68.0 Å². The molecule has 6 heteroatoms. The van der Waals surface area contributed by atoms with Crippen LogP contribution < -0.4 is 5.32 Å². The molecular weight excluding hydrogens is 266 g/mol. The number of halogens is 1. The molecule has 5 nitrogen and oxygen atoms in total. The number of furan rings is 1. The fourth-order valence-electron chi connectivity index (χ4n) is 2.30. The van der Waals surface area contributed by atoms with Crippen LogP contribution in [-0.2, 0) is 6.42 Å². The van der Waals surface area contributed by atoms with Crippen LogP contribution in [0.3, 0.4) is 0 Å². The molecule has 2 aromatic rings. The van der Waals surface area contributed by atoms with Crippen LogP contribution in [0.2, 0.25) is 5.15 Å². The maximum atomic E-state index is 12.1. The lowest BCUT2D eigenvalue weighted by molar-refractivity contribution is 0.0927. The molecule has 1 amide bonds. The van der Waals surface area contributed by atoms with Gasteiger partial charge in [0, 0.05) is 12.0 Å². The van der Waals surface area contributed by atoms with Crippen molar-refractivity contribution in [2.45, 2.75) is 25.3 Å². The molecule has 0 aromatic carbocycles. The van der Waals surface area contributed by atoms with Crippen molar-refractivity contribution in [3.05, 3.63) is 46.9 Å². The van der Waals surface area contributed by atoms with E-state index < -0.39 is 0 Å². The summed E-state index contributed by atoms with van der Waals surface area (Å²) in [5.74, 6) is 0.710. The Morgan fingerprint density at radius 2 is 2.32 bits per heavy atom. The van der Waals surface area contributed by atoms with Gasteiger partial charge in [-0.2, -0.15) is 0 Å². The lowest BCUT2D eigenvalue weighted by atomic mass is 9.93. The molecule has 0 saturated heterocycles. The predicted octanol–water partition coefficient (Wildman–Crippen LogP) is 2.53. The van der Waals surface area contributed by atoms with Gasteiger partial charge in [0.25, 0.3) is 5.91 Å². The molecular formula is C13H12ClN3O2. The highest BCUT2D eigenvalue weighted by molar-refractivity contribution is 6.29. The molecule has 1 unspecified atom stereocenters. The third-order valence-electron chi connectivity index (χ3n) is 3.21. The highest BCUT2D eigenvalue weighted by Gasteiger charge is 2.24. The summed E-state index contributed by atoms with van der Waals surface area (Å²) in [7, 11) is 0. The van der Waals surface area contributed by atoms with E-state index in [1.54, 1.807) is 6.26 Å². The zero-order valence-corrected chi connectivity index (χ0v) is 10.9. The molecule has 3 rings (SSSR count). The van der Waals surface area contributed by atoms with E-state index in [2.05, 4.69) is 15.3 Å². The van der Waals surface area contributed by atoms with Gasteiger partial charge >= 0.3 is 0 Å². The van der Waals surface area contributed by atoms with Crippen LogP contribution in [0.5, 0.6) is 0 Å². The Morgan fingerprint density at radius 1 is 1.42 bits per heavy atom. The number of amides is 1. The summed E-state index contributed by atoms with van der Waals surface area (Å²) in [6.07, 6.45) is 7.22. The number of fused-ring (bicyclic) bond motifs is 1. The summed E-state index contributed by atoms with van der Waals surface area (Å²) in [6, 6.07) is 1.89. The molecule has 2 aromatic heterocycles. The highest BCUT2D eigenvalue weighted by Crippen LogP contribution is 2.30. The van der Waals surface area contributed by atoms with Gasteiger partial charge in [0.15, 0.2) is 0 Å². The summed E-state index contributed by atoms with van der Waals surface area (Å²) in [6.45, 7) is 0. The number of aryl methyl sites for hydroxylation is 1. The van der Waals surface area contributed by atoms with Crippen LogP contribution in [0.25, 0.3) is 0 Å². The first kappa shape index (κ1) is 12.2. The largest absolute Gasteiger partial charge is 0.469 e. The first-order chi connectivity index (χ1) is 9.24. The molecule has 1 aliphatic rings. The van der Waals surface area contributed by atoms with Gasteiger partial charge in [0.05, 0.1) is 24.7 Å². The zero-order chi connectivity index (χ0) is 13.2. The van der Waals surface area contributed by atoms with E-state index in [-0.39, 0.29) is 22.8 Å². The summed E-state index contributed by atoms with van der Waals surface area (Å²) >= 11 is 5.64. The van der Waals surface area contributed by atoms with E-state index in [4.69, 9.17) is 16.0 Å². The van der Waals surface area contributed by atoms with Crippen molar-refractivity contribution in [1.29, 1.82) is 0 Å². The van der Waals surface area contributed by atoms with E-state index in [1.807, 2.05) is 6.07 Å². The fraction of sp³-hybridized carbons (Fsp3) is 0.308. The van der Waals surface area contributed by atoms with Crippen molar-refractivity contribution < 1.29 is 9.21 Å². The van der Waals surface area contributed by atoms with Crippen LogP contribution in [0.1, 0.15) is 40.7 Å².